The minimum Gasteiger partial charge on any atom is -0.281 e. The molecule has 0 heterocycles. The van der Waals surface area contributed by atoms with E-state index in [2.05, 4.69) is 12.2 Å². The zero-order valence-corrected chi connectivity index (χ0v) is 5.64. The molecule has 1 nitrogen and oxygen atoms in total. The molecular weight excluding hydrogens is 136 g/mol. The van der Waals surface area contributed by atoms with Crippen molar-refractivity contribution in [2.45, 2.75) is 6.42 Å². The van der Waals surface area contributed by atoms with Crippen LogP contribution >= 0.6 is 11.6 Å². The van der Waals surface area contributed by atoms with Gasteiger partial charge in [0.2, 0.25) is 5.24 Å². The molecule has 0 bridgehead atoms. The normalized spacial score (nSPS) is 44.8. The largest absolute Gasteiger partial charge is 0.281 e. The number of halogens is 1. The smallest absolute Gasteiger partial charge is 0.225 e. The second-order valence-corrected chi connectivity index (χ2v) is 3.11. The molecule has 1 fully saturated rings. The number of allylic oxidation sites excluding steroid dienone is 2. The van der Waals surface area contributed by atoms with Gasteiger partial charge in [-0.2, -0.15) is 0 Å². The van der Waals surface area contributed by atoms with Crippen LogP contribution in [0.3, 0.4) is 0 Å². The van der Waals surface area contributed by atoms with Crippen molar-refractivity contribution >= 4 is 16.8 Å². The molecule has 48 valence electrons. The molecule has 1 saturated carbocycles. The number of carbonyl (C=O) groups excluding carboxylic acids is 1. The van der Waals surface area contributed by atoms with Crippen molar-refractivity contribution in [3.05, 3.63) is 12.2 Å². The summed E-state index contributed by atoms with van der Waals surface area (Å²) in [7, 11) is 0. The summed E-state index contributed by atoms with van der Waals surface area (Å²) >= 11 is 5.30. The molecule has 2 aliphatic carbocycles. The molecule has 0 aromatic rings. The van der Waals surface area contributed by atoms with E-state index < -0.39 is 0 Å². The predicted molar refractivity (Wildman–Crippen MR) is 35.1 cm³/mol. The van der Waals surface area contributed by atoms with Crippen molar-refractivity contribution in [1.29, 1.82) is 0 Å². The van der Waals surface area contributed by atoms with Crippen LogP contribution in [0, 0.1) is 17.8 Å². The molecule has 0 radical (unpaired) electrons. The first kappa shape index (κ1) is 5.48. The first-order chi connectivity index (χ1) is 4.30. The third kappa shape index (κ3) is 0.645. The summed E-state index contributed by atoms with van der Waals surface area (Å²) in [6.07, 6.45) is 5.30. The number of hydrogen-bond acceptors (Lipinski definition) is 1. The van der Waals surface area contributed by atoms with E-state index in [-0.39, 0.29) is 11.2 Å². The van der Waals surface area contributed by atoms with Gasteiger partial charge in [-0.05, 0) is 29.9 Å². The highest BCUT2D eigenvalue weighted by molar-refractivity contribution is 6.64. The lowest BCUT2D eigenvalue weighted by Gasteiger charge is -1.87. The lowest BCUT2D eigenvalue weighted by atomic mass is 10.2. The fourth-order valence-corrected chi connectivity index (χ4v) is 1.99. The highest BCUT2D eigenvalue weighted by Gasteiger charge is 2.53. The first-order valence-corrected chi connectivity index (χ1v) is 3.54. The Morgan fingerprint density at radius 2 is 2.44 bits per heavy atom. The maximum atomic E-state index is 10.6. The Kier molecular flexibility index (Phi) is 0.974. The Balaban J connectivity index is 2.10. The van der Waals surface area contributed by atoms with Gasteiger partial charge in [-0.15, -0.1) is 0 Å². The predicted octanol–water partition coefficient (Wildman–Crippen LogP) is 1.57. The van der Waals surface area contributed by atoms with Crippen molar-refractivity contribution in [2.75, 3.05) is 0 Å². The molecule has 0 spiro atoms. The van der Waals surface area contributed by atoms with Gasteiger partial charge in [-0.3, -0.25) is 4.79 Å². The average molecular weight is 143 g/mol. The molecule has 0 amide bonds. The molecule has 0 aliphatic heterocycles. The first-order valence-electron chi connectivity index (χ1n) is 3.16. The quantitative estimate of drug-likeness (QED) is 0.401. The maximum Gasteiger partial charge on any atom is 0.225 e. The van der Waals surface area contributed by atoms with Crippen LogP contribution in [-0.2, 0) is 4.79 Å². The van der Waals surface area contributed by atoms with E-state index >= 15 is 0 Å². The molecule has 2 aliphatic rings. The summed E-state index contributed by atoms with van der Waals surface area (Å²) in [4.78, 5) is 10.6. The van der Waals surface area contributed by atoms with Gasteiger partial charge in [0.1, 0.15) is 0 Å². The third-order valence-corrected chi connectivity index (χ3v) is 2.51. The van der Waals surface area contributed by atoms with Gasteiger partial charge in [-0.25, -0.2) is 0 Å². The van der Waals surface area contributed by atoms with Crippen molar-refractivity contribution in [3.63, 3.8) is 0 Å². The lowest BCUT2D eigenvalue weighted by Crippen LogP contribution is -1.93. The summed E-state index contributed by atoms with van der Waals surface area (Å²) in [5.74, 6) is 1.27. The van der Waals surface area contributed by atoms with Gasteiger partial charge in [0.25, 0.3) is 0 Å². The zero-order chi connectivity index (χ0) is 6.43. The van der Waals surface area contributed by atoms with E-state index in [1.165, 1.54) is 0 Å². The Bertz CT molecular complexity index is 185. The lowest BCUT2D eigenvalue weighted by molar-refractivity contribution is -0.113. The van der Waals surface area contributed by atoms with Crippen LogP contribution in [0.4, 0.5) is 0 Å². The molecule has 9 heavy (non-hydrogen) atoms. The standard InChI is InChI=1S/C7H7ClO/c8-7(9)6-4-2-1-3-5(4)6/h1-2,4-6H,3H2. The molecule has 0 aromatic heterocycles. The molecule has 0 N–H and O–H groups in total. The molecule has 2 heteroatoms. The second kappa shape index (κ2) is 1.60. The molecule has 2 rings (SSSR count). The Labute approximate surface area is 58.7 Å². The van der Waals surface area contributed by atoms with Gasteiger partial charge in [-0.1, -0.05) is 12.2 Å². The summed E-state index contributed by atoms with van der Waals surface area (Å²) in [6.45, 7) is 0. The van der Waals surface area contributed by atoms with Gasteiger partial charge < -0.3 is 0 Å². The van der Waals surface area contributed by atoms with Crippen molar-refractivity contribution in [1.82, 2.24) is 0 Å². The van der Waals surface area contributed by atoms with Gasteiger partial charge >= 0.3 is 0 Å². The van der Waals surface area contributed by atoms with E-state index in [9.17, 15) is 4.79 Å². The van der Waals surface area contributed by atoms with Crippen LogP contribution < -0.4 is 0 Å². The van der Waals surface area contributed by atoms with E-state index in [1.54, 1.807) is 0 Å². The van der Waals surface area contributed by atoms with Crippen LogP contribution in [0.5, 0.6) is 0 Å². The molecule has 3 atom stereocenters. The topological polar surface area (TPSA) is 17.1 Å². The summed E-state index contributed by atoms with van der Waals surface area (Å²) in [5.41, 5.74) is 0. The fourth-order valence-electron chi connectivity index (χ4n) is 1.68. The average Bonchev–Trinajstić information content (AvgIpc) is 2.30. The summed E-state index contributed by atoms with van der Waals surface area (Å²) in [5, 5.41) is -0.144. The Hall–Kier alpha value is -0.300. The van der Waals surface area contributed by atoms with Gasteiger partial charge in [0.05, 0.1) is 0 Å². The molecule has 0 saturated heterocycles. The molecular formula is C7H7ClO. The second-order valence-electron chi connectivity index (χ2n) is 2.73. The van der Waals surface area contributed by atoms with Crippen LogP contribution in [0.15, 0.2) is 12.2 Å². The van der Waals surface area contributed by atoms with E-state index in [4.69, 9.17) is 11.6 Å². The van der Waals surface area contributed by atoms with Crippen molar-refractivity contribution < 1.29 is 4.79 Å². The van der Waals surface area contributed by atoms with Gasteiger partial charge in [0, 0.05) is 5.92 Å². The van der Waals surface area contributed by atoms with Crippen molar-refractivity contribution in [2.24, 2.45) is 17.8 Å². The number of carbonyl (C=O) groups is 1. The number of fused-ring (bicyclic) bond motifs is 1. The van der Waals surface area contributed by atoms with Crippen LogP contribution in [0.25, 0.3) is 0 Å². The number of rotatable bonds is 1. The summed E-state index contributed by atoms with van der Waals surface area (Å²) < 4.78 is 0. The number of hydrogen-bond donors (Lipinski definition) is 0. The minimum absolute atomic E-state index is 0.144. The van der Waals surface area contributed by atoms with E-state index in [0.29, 0.717) is 11.8 Å². The highest BCUT2D eigenvalue weighted by atomic mass is 35.5. The van der Waals surface area contributed by atoms with E-state index in [1.807, 2.05) is 0 Å². The molecule has 0 aromatic carbocycles. The maximum absolute atomic E-state index is 10.6. The van der Waals surface area contributed by atoms with Gasteiger partial charge in [0.15, 0.2) is 0 Å². The zero-order valence-electron chi connectivity index (χ0n) is 4.88. The molecule has 3 unspecified atom stereocenters. The SMILES string of the molecule is O=C(Cl)C1C2C=CCC21. The Morgan fingerprint density at radius 3 is 2.78 bits per heavy atom. The van der Waals surface area contributed by atoms with Crippen molar-refractivity contribution in [3.8, 4) is 0 Å². The minimum atomic E-state index is -0.144. The van der Waals surface area contributed by atoms with Crippen LogP contribution in [-0.4, -0.2) is 5.24 Å². The monoisotopic (exact) mass is 142 g/mol. The van der Waals surface area contributed by atoms with Crippen LogP contribution in [0.2, 0.25) is 0 Å². The van der Waals surface area contributed by atoms with Crippen LogP contribution in [0.1, 0.15) is 6.42 Å². The third-order valence-electron chi connectivity index (χ3n) is 2.26. The van der Waals surface area contributed by atoms with E-state index in [0.717, 1.165) is 6.42 Å². The Morgan fingerprint density at radius 1 is 1.67 bits per heavy atom. The highest BCUT2D eigenvalue weighted by Crippen LogP contribution is 2.54. The summed E-state index contributed by atoms with van der Waals surface area (Å²) in [6, 6.07) is 0. The fraction of sp³-hybridized carbons (Fsp3) is 0.571.